The Morgan fingerprint density at radius 2 is 1.88 bits per heavy atom. The van der Waals surface area contributed by atoms with Crippen LogP contribution in [0.2, 0.25) is 0 Å². The normalized spacial score (nSPS) is 20.8. The third-order valence-corrected chi connectivity index (χ3v) is 5.19. The van der Waals surface area contributed by atoms with Crippen LogP contribution in [0.4, 0.5) is 0 Å². The maximum atomic E-state index is 12.6. The maximum Gasteiger partial charge on any atom is 0.243 e. The molecule has 1 heterocycles. The first-order chi connectivity index (χ1) is 12.1. The number of nitrogens with zero attached hydrogens (tertiary/aromatic N) is 1. The van der Waals surface area contributed by atoms with Gasteiger partial charge in [0.2, 0.25) is 11.8 Å². The molecule has 1 saturated heterocycles. The lowest BCUT2D eigenvalue weighted by Gasteiger charge is -2.30. The van der Waals surface area contributed by atoms with Gasteiger partial charge in [0.15, 0.2) is 11.5 Å². The molecule has 25 heavy (non-hydrogen) atoms. The zero-order valence-electron chi connectivity index (χ0n) is 14.9. The lowest BCUT2D eigenvalue weighted by atomic mass is 10.1. The van der Waals surface area contributed by atoms with Crippen LogP contribution in [0.1, 0.15) is 44.1 Å². The van der Waals surface area contributed by atoms with E-state index in [0.717, 1.165) is 31.2 Å². The van der Waals surface area contributed by atoms with E-state index in [9.17, 15) is 9.59 Å². The highest BCUT2D eigenvalue weighted by molar-refractivity contribution is 5.91. The molecule has 3 rings (SSSR count). The van der Waals surface area contributed by atoms with Crippen LogP contribution >= 0.6 is 0 Å². The fourth-order valence-electron chi connectivity index (χ4n) is 3.90. The number of amides is 2. The number of rotatable bonds is 6. The van der Waals surface area contributed by atoms with Crippen molar-refractivity contribution in [2.75, 3.05) is 14.2 Å². The number of methoxy groups -OCH3 is 2. The first-order valence-corrected chi connectivity index (χ1v) is 8.94. The van der Waals surface area contributed by atoms with Gasteiger partial charge in [-0.05, 0) is 37.0 Å². The molecular weight excluding hydrogens is 320 g/mol. The number of ether oxygens (including phenoxy) is 2. The molecule has 1 aliphatic heterocycles. The fourth-order valence-corrected chi connectivity index (χ4v) is 3.90. The molecule has 2 aliphatic rings. The number of nitrogens with one attached hydrogen (secondary N) is 1. The Bertz CT molecular complexity index is 640. The second-order valence-corrected chi connectivity index (χ2v) is 6.70. The summed E-state index contributed by atoms with van der Waals surface area (Å²) in [6.07, 6.45) is 5.43. The van der Waals surface area contributed by atoms with E-state index in [1.54, 1.807) is 14.2 Å². The van der Waals surface area contributed by atoms with Gasteiger partial charge >= 0.3 is 0 Å². The molecule has 1 aliphatic carbocycles. The zero-order valence-corrected chi connectivity index (χ0v) is 14.9. The van der Waals surface area contributed by atoms with Crippen LogP contribution in [0.15, 0.2) is 18.2 Å². The van der Waals surface area contributed by atoms with Gasteiger partial charge in [0.05, 0.1) is 14.2 Å². The molecule has 1 aromatic rings. The summed E-state index contributed by atoms with van der Waals surface area (Å²) in [5.74, 6) is 1.36. The first kappa shape index (κ1) is 17.6. The van der Waals surface area contributed by atoms with E-state index < -0.39 is 0 Å². The Morgan fingerprint density at radius 3 is 2.56 bits per heavy atom. The molecule has 0 spiro atoms. The van der Waals surface area contributed by atoms with Gasteiger partial charge in [-0.2, -0.15) is 0 Å². The summed E-state index contributed by atoms with van der Waals surface area (Å²) in [5.41, 5.74) is 0.933. The molecular formula is C19H26N2O4. The molecule has 0 bridgehead atoms. The van der Waals surface area contributed by atoms with Crippen LogP contribution < -0.4 is 14.8 Å². The minimum absolute atomic E-state index is 0.0625. The monoisotopic (exact) mass is 346 g/mol. The third kappa shape index (κ3) is 3.72. The van der Waals surface area contributed by atoms with Crippen molar-refractivity contribution in [3.63, 3.8) is 0 Å². The molecule has 1 saturated carbocycles. The Balaban J connectivity index is 1.63. The predicted octanol–water partition coefficient (Wildman–Crippen LogP) is 2.25. The Hall–Kier alpha value is -2.24. The lowest BCUT2D eigenvalue weighted by molar-refractivity contribution is -0.137. The number of carbonyl (C=O) groups excluding carboxylic acids is 2. The standard InChI is InChI=1S/C19H26N2O4/c1-24-16-9-7-13(11-17(16)25-2)12-20-19(23)15-8-10-18(22)21(15)14-5-3-4-6-14/h7,9,11,14-15H,3-6,8,10,12H2,1-2H3,(H,20,23). The number of carbonyl (C=O) groups is 2. The van der Waals surface area contributed by atoms with Crippen LogP contribution in [0.25, 0.3) is 0 Å². The molecule has 6 heteroatoms. The van der Waals surface area contributed by atoms with Crippen molar-refractivity contribution in [2.24, 2.45) is 0 Å². The van der Waals surface area contributed by atoms with Crippen LogP contribution in [0, 0.1) is 0 Å². The van der Waals surface area contributed by atoms with E-state index in [-0.39, 0.29) is 23.9 Å². The van der Waals surface area contributed by atoms with Gasteiger partial charge < -0.3 is 19.7 Å². The first-order valence-electron chi connectivity index (χ1n) is 8.94. The summed E-state index contributed by atoms with van der Waals surface area (Å²) in [6, 6.07) is 5.50. The van der Waals surface area contributed by atoms with Crippen molar-refractivity contribution in [2.45, 2.75) is 57.2 Å². The smallest absolute Gasteiger partial charge is 0.243 e. The highest BCUT2D eigenvalue weighted by Gasteiger charge is 2.40. The number of benzene rings is 1. The average molecular weight is 346 g/mol. The Labute approximate surface area is 148 Å². The van der Waals surface area contributed by atoms with E-state index in [0.29, 0.717) is 30.9 Å². The minimum atomic E-state index is -0.323. The molecule has 6 nitrogen and oxygen atoms in total. The van der Waals surface area contributed by atoms with Gasteiger partial charge in [-0.15, -0.1) is 0 Å². The molecule has 0 radical (unpaired) electrons. The van der Waals surface area contributed by atoms with E-state index in [2.05, 4.69) is 5.32 Å². The summed E-state index contributed by atoms with van der Waals surface area (Å²) >= 11 is 0. The molecule has 1 atom stereocenters. The van der Waals surface area contributed by atoms with Crippen LogP contribution in [-0.4, -0.2) is 43.0 Å². The van der Waals surface area contributed by atoms with Crippen LogP contribution in [0.3, 0.4) is 0 Å². The fraction of sp³-hybridized carbons (Fsp3) is 0.579. The topological polar surface area (TPSA) is 67.9 Å². The molecule has 0 aromatic heterocycles. The van der Waals surface area contributed by atoms with Crippen molar-refractivity contribution in [1.82, 2.24) is 10.2 Å². The molecule has 1 aromatic carbocycles. The molecule has 2 amide bonds. The minimum Gasteiger partial charge on any atom is -0.493 e. The van der Waals surface area contributed by atoms with E-state index in [1.165, 1.54) is 0 Å². The van der Waals surface area contributed by atoms with Gasteiger partial charge in [0.1, 0.15) is 6.04 Å². The van der Waals surface area contributed by atoms with Crippen molar-refractivity contribution in [3.8, 4) is 11.5 Å². The summed E-state index contributed by atoms with van der Waals surface area (Å²) in [6.45, 7) is 0.405. The van der Waals surface area contributed by atoms with Crippen molar-refractivity contribution >= 4 is 11.8 Å². The van der Waals surface area contributed by atoms with Crippen molar-refractivity contribution in [1.29, 1.82) is 0 Å². The van der Waals surface area contributed by atoms with Gasteiger partial charge in [0.25, 0.3) is 0 Å². The lowest BCUT2D eigenvalue weighted by Crippen LogP contribution is -2.48. The zero-order chi connectivity index (χ0) is 17.8. The van der Waals surface area contributed by atoms with Crippen LogP contribution in [0.5, 0.6) is 11.5 Å². The summed E-state index contributed by atoms with van der Waals surface area (Å²) in [5, 5.41) is 2.97. The van der Waals surface area contributed by atoms with Gasteiger partial charge in [-0.1, -0.05) is 18.9 Å². The number of hydrogen-bond donors (Lipinski definition) is 1. The molecule has 1 unspecified atom stereocenters. The summed E-state index contributed by atoms with van der Waals surface area (Å²) in [7, 11) is 3.18. The average Bonchev–Trinajstić information content (AvgIpc) is 3.28. The van der Waals surface area contributed by atoms with E-state index >= 15 is 0 Å². The molecule has 1 N–H and O–H groups in total. The summed E-state index contributed by atoms with van der Waals surface area (Å²) in [4.78, 5) is 26.7. The quantitative estimate of drug-likeness (QED) is 0.858. The number of hydrogen-bond acceptors (Lipinski definition) is 4. The molecule has 2 fully saturated rings. The van der Waals surface area contributed by atoms with Gasteiger partial charge in [-0.3, -0.25) is 9.59 Å². The Morgan fingerprint density at radius 1 is 1.16 bits per heavy atom. The highest BCUT2D eigenvalue weighted by Crippen LogP contribution is 2.31. The van der Waals surface area contributed by atoms with E-state index in [4.69, 9.17) is 9.47 Å². The second-order valence-electron chi connectivity index (χ2n) is 6.70. The highest BCUT2D eigenvalue weighted by atomic mass is 16.5. The largest absolute Gasteiger partial charge is 0.493 e. The van der Waals surface area contributed by atoms with Crippen molar-refractivity contribution in [3.05, 3.63) is 23.8 Å². The van der Waals surface area contributed by atoms with Gasteiger partial charge in [-0.25, -0.2) is 0 Å². The SMILES string of the molecule is COc1ccc(CNC(=O)C2CCC(=O)N2C2CCCC2)cc1OC. The Kier molecular flexibility index (Phi) is 5.46. The third-order valence-electron chi connectivity index (χ3n) is 5.19. The van der Waals surface area contributed by atoms with E-state index in [1.807, 2.05) is 23.1 Å². The maximum absolute atomic E-state index is 12.6. The second kappa shape index (κ2) is 7.76. The van der Waals surface area contributed by atoms with Crippen molar-refractivity contribution < 1.29 is 19.1 Å². The van der Waals surface area contributed by atoms with Crippen LogP contribution in [-0.2, 0) is 16.1 Å². The number of likely N-dealkylation sites (tertiary alicyclic amines) is 1. The molecule has 136 valence electrons. The predicted molar refractivity (Wildman–Crippen MR) is 93.5 cm³/mol. The van der Waals surface area contributed by atoms with Gasteiger partial charge in [0, 0.05) is 19.0 Å². The summed E-state index contributed by atoms with van der Waals surface area (Å²) < 4.78 is 10.5.